The van der Waals surface area contributed by atoms with Gasteiger partial charge in [0.05, 0.1) is 25.8 Å². The molecule has 0 radical (unpaired) electrons. The topological polar surface area (TPSA) is 105 Å². The molecule has 0 aliphatic heterocycles. The zero-order chi connectivity index (χ0) is 28.9. The number of benzene rings is 2. The average molecular weight is 549 g/mol. The van der Waals surface area contributed by atoms with Gasteiger partial charge in [0.1, 0.15) is 25.7 Å². The maximum absolute atomic E-state index is 12.4. The van der Waals surface area contributed by atoms with Gasteiger partial charge in [-0.05, 0) is 50.1 Å². The summed E-state index contributed by atoms with van der Waals surface area (Å²) in [7, 11) is 6.47. The predicted molar refractivity (Wildman–Crippen MR) is 150 cm³/mol. The van der Waals surface area contributed by atoms with E-state index in [4.69, 9.17) is 19.0 Å². The van der Waals surface area contributed by atoms with Crippen molar-refractivity contribution < 1.29 is 38.1 Å². The Labute approximate surface area is 232 Å². The van der Waals surface area contributed by atoms with Gasteiger partial charge in [0.15, 0.2) is 5.75 Å². The molecular formula is C29H44N2O8. The number of nitrogens with zero attached hydrogens (tertiary/aromatic N) is 1. The minimum atomic E-state index is -0.591. The van der Waals surface area contributed by atoms with E-state index in [0.717, 1.165) is 53.0 Å². The number of aryl methyl sites for hydroxylation is 2. The molecule has 10 heteroatoms. The highest BCUT2D eigenvalue weighted by Gasteiger charge is 2.20. The van der Waals surface area contributed by atoms with Gasteiger partial charge in [-0.3, -0.25) is 10.1 Å². The second kappa shape index (κ2) is 20.6. The first-order chi connectivity index (χ1) is 18.9. The molecule has 0 aromatic heterocycles. The predicted octanol–water partition coefficient (Wildman–Crippen LogP) is 4.76. The summed E-state index contributed by atoms with van der Waals surface area (Å²) in [5.41, 5.74) is 3.96. The number of carbonyl (C=O) groups is 2. The van der Waals surface area contributed by atoms with Crippen molar-refractivity contribution in [3.63, 3.8) is 0 Å². The number of amides is 1. The largest absolute Gasteiger partial charge is 0.478 e. The fraction of sp³-hybridized carbons (Fsp3) is 0.517. The summed E-state index contributed by atoms with van der Waals surface area (Å²) in [6, 6.07) is 12.2. The number of rotatable bonds is 17. The van der Waals surface area contributed by atoms with Crippen molar-refractivity contribution >= 4 is 12.6 Å². The maximum atomic E-state index is 12.4. The summed E-state index contributed by atoms with van der Waals surface area (Å²) in [6.45, 7) is 6.27. The van der Waals surface area contributed by atoms with Crippen LogP contribution in [-0.4, -0.2) is 79.1 Å². The Morgan fingerprint density at radius 1 is 1.00 bits per heavy atom. The van der Waals surface area contributed by atoms with Gasteiger partial charge < -0.3 is 28.5 Å². The third-order valence-electron chi connectivity index (χ3n) is 5.35. The number of carbonyl (C=O) groups excluding carboxylic acids is 2. The molecule has 0 atom stereocenters. The van der Waals surface area contributed by atoms with Crippen LogP contribution < -0.4 is 14.9 Å². The van der Waals surface area contributed by atoms with Crippen LogP contribution in [-0.2, 0) is 30.2 Å². The van der Waals surface area contributed by atoms with Gasteiger partial charge in [0.25, 0.3) is 6.47 Å². The molecule has 0 heterocycles. The minimum Gasteiger partial charge on any atom is -0.478 e. The molecule has 218 valence electrons. The van der Waals surface area contributed by atoms with Crippen LogP contribution in [0.15, 0.2) is 36.4 Å². The van der Waals surface area contributed by atoms with E-state index >= 15 is 0 Å². The molecule has 39 heavy (non-hydrogen) atoms. The Morgan fingerprint density at radius 3 is 2.36 bits per heavy atom. The van der Waals surface area contributed by atoms with Crippen molar-refractivity contribution in [2.75, 3.05) is 61.5 Å². The first kappa shape index (κ1) is 33.7. The van der Waals surface area contributed by atoms with Gasteiger partial charge in [0.2, 0.25) is 0 Å². The Balaban J connectivity index is 0.000000956. The molecule has 0 spiro atoms. The fourth-order valence-electron chi connectivity index (χ4n) is 3.46. The van der Waals surface area contributed by atoms with E-state index in [0.29, 0.717) is 44.5 Å². The Hall–Kier alpha value is -3.34. The quantitative estimate of drug-likeness (QED) is 0.130. The molecule has 2 aromatic carbocycles. The highest BCUT2D eigenvalue weighted by atomic mass is 16.7. The van der Waals surface area contributed by atoms with Crippen LogP contribution in [0.25, 0.3) is 11.1 Å². The molecular weight excluding hydrogens is 504 g/mol. The highest BCUT2D eigenvalue weighted by molar-refractivity contribution is 5.78. The third-order valence-corrected chi connectivity index (χ3v) is 5.35. The first-order valence-electron chi connectivity index (χ1n) is 13.0. The number of hydroxylamine groups is 2. The van der Waals surface area contributed by atoms with E-state index < -0.39 is 6.09 Å². The van der Waals surface area contributed by atoms with E-state index in [1.54, 1.807) is 14.2 Å². The molecule has 0 aliphatic rings. The smallest absolute Gasteiger partial charge is 0.443 e. The lowest BCUT2D eigenvalue weighted by molar-refractivity contribution is -0.129. The summed E-state index contributed by atoms with van der Waals surface area (Å²) >= 11 is 0. The molecule has 0 saturated heterocycles. The lowest BCUT2D eigenvalue weighted by Gasteiger charge is -2.22. The summed E-state index contributed by atoms with van der Waals surface area (Å²) in [5.74, 6) is 1.25. The van der Waals surface area contributed by atoms with Crippen molar-refractivity contribution in [1.82, 2.24) is 10.4 Å². The SMILES string of the molecule is CCCCCc1cc(OCNC)c(-c2cccc(C)c2)c(ON(C)C(=O)OCCOC)c1.COCCOC=O. The van der Waals surface area contributed by atoms with E-state index in [1.165, 1.54) is 7.05 Å². The van der Waals surface area contributed by atoms with Gasteiger partial charge in [0, 0.05) is 14.2 Å². The first-order valence-corrected chi connectivity index (χ1v) is 13.0. The normalized spacial score (nSPS) is 10.2. The van der Waals surface area contributed by atoms with Crippen LogP contribution in [0.1, 0.15) is 37.3 Å². The van der Waals surface area contributed by atoms with Crippen LogP contribution in [0, 0.1) is 6.92 Å². The molecule has 0 fully saturated rings. The Bertz CT molecular complexity index is 970. The van der Waals surface area contributed by atoms with Crippen LogP contribution >= 0.6 is 0 Å². The molecule has 1 N–H and O–H groups in total. The minimum absolute atomic E-state index is 0.154. The summed E-state index contributed by atoms with van der Waals surface area (Å²) < 4.78 is 25.0. The van der Waals surface area contributed by atoms with Gasteiger partial charge in [-0.1, -0.05) is 49.6 Å². The highest BCUT2D eigenvalue weighted by Crippen LogP contribution is 2.41. The summed E-state index contributed by atoms with van der Waals surface area (Å²) in [5, 5.41) is 4.12. The number of nitrogens with one attached hydrogen (secondary N) is 1. The monoisotopic (exact) mass is 548 g/mol. The summed E-state index contributed by atoms with van der Waals surface area (Å²) in [6.07, 6.45) is 3.67. The van der Waals surface area contributed by atoms with Gasteiger partial charge in [-0.25, -0.2) is 4.79 Å². The zero-order valence-electron chi connectivity index (χ0n) is 24.1. The molecule has 1 amide bonds. The van der Waals surface area contributed by atoms with E-state index in [9.17, 15) is 9.59 Å². The Kier molecular flexibility index (Phi) is 17.8. The second-order valence-corrected chi connectivity index (χ2v) is 8.59. The molecule has 10 nitrogen and oxygen atoms in total. The van der Waals surface area contributed by atoms with Crippen molar-refractivity contribution in [2.24, 2.45) is 0 Å². The lowest BCUT2D eigenvalue weighted by Crippen LogP contribution is -2.31. The zero-order valence-corrected chi connectivity index (χ0v) is 24.1. The van der Waals surface area contributed by atoms with Crippen LogP contribution in [0.5, 0.6) is 11.5 Å². The number of hydrogen-bond donors (Lipinski definition) is 1. The standard InChI is InChI=1S/C25H36N2O5.C4H8O3/c1-6-7-8-11-20-16-22(31-18-26-3)24(21-12-9-10-19(2)15-21)23(17-20)32-27(4)25(28)30-14-13-29-5;1-6-2-3-7-4-5/h9-10,12,15-17,26H,6-8,11,13-14,18H2,1-5H3;4H,2-3H2,1H3. The number of unbranched alkanes of at least 4 members (excludes halogenated alkanes) is 2. The third kappa shape index (κ3) is 13.3. The number of hydrogen-bond acceptors (Lipinski definition) is 9. The average Bonchev–Trinajstić information content (AvgIpc) is 2.92. The van der Waals surface area contributed by atoms with Crippen molar-refractivity contribution in [3.8, 4) is 22.6 Å². The second-order valence-electron chi connectivity index (χ2n) is 8.59. The van der Waals surface area contributed by atoms with Gasteiger partial charge >= 0.3 is 6.09 Å². The lowest BCUT2D eigenvalue weighted by atomic mass is 9.97. The van der Waals surface area contributed by atoms with Crippen LogP contribution in [0.2, 0.25) is 0 Å². The number of ether oxygens (including phenoxy) is 5. The fourth-order valence-corrected chi connectivity index (χ4v) is 3.46. The molecule has 0 unspecified atom stereocenters. The van der Waals surface area contributed by atoms with Crippen LogP contribution in [0.4, 0.5) is 4.79 Å². The molecule has 0 aliphatic carbocycles. The molecule has 0 saturated carbocycles. The maximum Gasteiger partial charge on any atom is 0.443 e. The van der Waals surface area contributed by atoms with E-state index in [1.807, 2.05) is 38.2 Å². The van der Waals surface area contributed by atoms with Crippen LogP contribution in [0.3, 0.4) is 0 Å². The summed E-state index contributed by atoms with van der Waals surface area (Å²) in [4.78, 5) is 27.8. The molecule has 0 bridgehead atoms. The number of methoxy groups -OCH3 is 2. The van der Waals surface area contributed by atoms with Crippen molar-refractivity contribution in [1.29, 1.82) is 0 Å². The molecule has 2 aromatic rings. The molecule has 2 rings (SSSR count). The van der Waals surface area contributed by atoms with Gasteiger partial charge in [-0.15, -0.1) is 5.06 Å². The van der Waals surface area contributed by atoms with E-state index in [2.05, 4.69) is 33.8 Å². The Morgan fingerprint density at radius 2 is 1.72 bits per heavy atom. The van der Waals surface area contributed by atoms with Crippen molar-refractivity contribution in [3.05, 3.63) is 47.5 Å². The van der Waals surface area contributed by atoms with Crippen molar-refractivity contribution in [2.45, 2.75) is 39.5 Å². The van der Waals surface area contributed by atoms with E-state index in [-0.39, 0.29) is 6.61 Å². The van der Waals surface area contributed by atoms with Gasteiger partial charge in [-0.2, -0.15) is 0 Å².